The molecule has 232 valence electrons. The van der Waals surface area contributed by atoms with Crippen LogP contribution >= 0.6 is 11.3 Å². The highest BCUT2D eigenvalue weighted by molar-refractivity contribution is 7.19. The van der Waals surface area contributed by atoms with Crippen molar-refractivity contribution in [1.82, 2.24) is 19.4 Å². The summed E-state index contributed by atoms with van der Waals surface area (Å²) >= 11 is 1.58. The smallest absolute Gasteiger partial charge is 0.271 e. The maximum absolute atomic E-state index is 15.3. The number of fused-ring (bicyclic) bond motifs is 1. The minimum absolute atomic E-state index is 0.0251. The van der Waals surface area contributed by atoms with Gasteiger partial charge in [0.1, 0.15) is 22.9 Å². The second-order valence-corrected chi connectivity index (χ2v) is 11.8. The summed E-state index contributed by atoms with van der Waals surface area (Å²) in [5.74, 6) is -1.41. The van der Waals surface area contributed by atoms with E-state index in [9.17, 15) is 14.0 Å². The van der Waals surface area contributed by atoms with Gasteiger partial charge in [0, 0.05) is 73.5 Å². The second kappa shape index (κ2) is 13.1. The number of ether oxygens (including phenoxy) is 2. The van der Waals surface area contributed by atoms with Gasteiger partial charge in [-0.2, -0.15) is 0 Å². The highest BCUT2D eigenvalue weighted by Crippen LogP contribution is 2.36. The first-order valence-corrected chi connectivity index (χ1v) is 15.3. The molecule has 3 aromatic heterocycles. The van der Waals surface area contributed by atoms with E-state index in [1.54, 1.807) is 30.5 Å². The lowest BCUT2D eigenvalue weighted by Crippen LogP contribution is -2.43. The van der Waals surface area contributed by atoms with Gasteiger partial charge in [-0.25, -0.2) is 8.78 Å². The van der Waals surface area contributed by atoms with Crippen molar-refractivity contribution in [1.29, 1.82) is 0 Å². The molecule has 0 radical (unpaired) electrons. The van der Waals surface area contributed by atoms with Crippen LogP contribution in [0, 0.1) is 11.6 Å². The number of thiophene rings is 1. The number of carbonyl (C=O) groups is 1. The van der Waals surface area contributed by atoms with E-state index in [1.165, 1.54) is 53.2 Å². The molecule has 1 fully saturated rings. The Morgan fingerprint density at radius 1 is 0.978 bits per heavy atom. The fourth-order valence-corrected chi connectivity index (χ4v) is 6.24. The summed E-state index contributed by atoms with van der Waals surface area (Å²) < 4.78 is 42.3. The molecule has 12 heteroatoms. The minimum Gasteiger partial charge on any atom is -0.493 e. The van der Waals surface area contributed by atoms with Gasteiger partial charge >= 0.3 is 0 Å². The largest absolute Gasteiger partial charge is 0.493 e. The third-order valence-electron chi connectivity index (χ3n) is 7.50. The van der Waals surface area contributed by atoms with Crippen molar-refractivity contribution in [3.05, 3.63) is 105 Å². The lowest BCUT2D eigenvalue weighted by Gasteiger charge is -2.31. The molecule has 0 saturated carbocycles. The number of rotatable bonds is 9. The highest BCUT2D eigenvalue weighted by atomic mass is 32.1. The van der Waals surface area contributed by atoms with Crippen LogP contribution in [-0.4, -0.2) is 65.1 Å². The number of amides is 1. The first-order chi connectivity index (χ1) is 21.8. The lowest BCUT2D eigenvalue weighted by molar-refractivity contribution is 0.102. The number of carbonyl (C=O) groups excluding carboxylic acids is 1. The molecule has 0 atom stereocenters. The van der Waals surface area contributed by atoms with Crippen LogP contribution in [0.2, 0.25) is 0 Å². The van der Waals surface area contributed by atoms with Gasteiger partial charge in [-0.1, -0.05) is 0 Å². The monoisotopic (exact) mass is 631 g/mol. The summed E-state index contributed by atoms with van der Waals surface area (Å²) in [5, 5.41) is 2.59. The van der Waals surface area contributed by atoms with Gasteiger partial charge < -0.3 is 19.7 Å². The number of aromatic nitrogens is 2. The maximum Gasteiger partial charge on any atom is 0.271 e. The third kappa shape index (κ3) is 6.72. The van der Waals surface area contributed by atoms with Crippen molar-refractivity contribution in [2.24, 2.45) is 0 Å². The highest BCUT2D eigenvalue weighted by Gasteiger charge is 2.22. The Hall–Kier alpha value is -4.65. The molecule has 1 saturated heterocycles. The maximum atomic E-state index is 15.3. The number of likely N-dealkylation sites (N-methyl/N-ethyl adjacent to an activating group) is 1. The number of anilines is 1. The molecule has 1 aliphatic rings. The van der Waals surface area contributed by atoms with E-state index in [-0.39, 0.29) is 29.4 Å². The Labute approximate surface area is 262 Å². The number of hydrogen-bond acceptors (Lipinski definition) is 8. The number of nitrogens with one attached hydrogen (secondary N) is 1. The first-order valence-electron chi connectivity index (χ1n) is 14.5. The summed E-state index contributed by atoms with van der Waals surface area (Å²) in [6.45, 7) is 6.81. The Balaban J connectivity index is 1.21. The Morgan fingerprint density at radius 2 is 1.76 bits per heavy atom. The molecule has 45 heavy (non-hydrogen) atoms. The minimum atomic E-state index is -0.782. The number of pyridine rings is 2. The molecule has 1 aliphatic heterocycles. The topological polar surface area (TPSA) is 88.9 Å². The van der Waals surface area contributed by atoms with Gasteiger partial charge in [0.25, 0.3) is 11.5 Å². The van der Waals surface area contributed by atoms with Crippen LogP contribution in [-0.2, 0) is 6.54 Å². The van der Waals surface area contributed by atoms with Crippen molar-refractivity contribution in [2.45, 2.75) is 13.5 Å². The normalized spacial score (nSPS) is 14.0. The molecule has 2 aromatic carbocycles. The molecule has 9 nitrogen and oxygen atoms in total. The van der Waals surface area contributed by atoms with Crippen LogP contribution in [0.1, 0.15) is 22.2 Å². The molecule has 1 amide bonds. The molecule has 6 rings (SSSR count). The van der Waals surface area contributed by atoms with Gasteiger partial charge in [0.2, 0.25) is 0 Å². The van der Waals surface area contributed by atoms with E-state index in [0.717, 1.165) is 53.9 Å². The van der Waals surface area contributed by atoms with E-state index in [4.69, 9.17) is 9.47 Å². The van der Waals surface area contributed by atoms with Crippen molar-refractivity contribution in [2.75, 3.05) is 45.2 Å². The van der Waals surface area contributed by atoms with Crippen LogP contribution in [0.15, 0.2) is 77.9 Å². The molecule has 0 aliphatic carbocycles. The van der Waals surface area contributed by atoms with Crippen molar-refractivity contribution in [3.8, 4) is 22.9 Å². The Morgan fingerprint density at radius 3 is 2.49 bits per heavy atom. The number of piperazine rings is 1. The van der Waals surface area contributed by atoms with Gasteiger partial charge in [0.05, 0.1) is 16.8 Å². The van der Waals surface area contributed by atoms with E-state index in [1.807, 2.05) is 6.07 Å². The zero-order valence-corrected chi connectivity index (χ0v) is 25.6. The lowest BCUT2D eigenvalue weighted by atomic mass is 10.2. The van der Waals surface area contributed by atoms with Gasteiger partial charge in [-0.3, -0.25) is 24.0 Å². The van der Waals surface area contributed by atoms with Gasteiger partial charge in [-0.05, 0) is 62.5 Å². The van der Waals surface area contributed by atoms with Crippen LogP contribution in [0.4, 0.5) is 14.5 Å². The average Bonchev–Trinajstić information content (AvgIpc) is 3.44. The molecule has 4 heterocycles. The quantitative estimate of drug-likeness (QED) is 0.216. The van der Waals surface area contributed by atoms with Crippen LogP contribution in [0.5, 0.6) is 17.2 Å². The van der Waals surface area contributed by atoms with Crippen molar-refractivity contribution in [3.63, 3.8) is 0 Å². The number of halogens is 2. The SMILES string of the molecule is CCOc1ccn(-c2ccc(F)cc2)c(=O)c1C(=O)Nc1ccc(Oc2ccnc3cc(CN4CCN(C)CC4)sc23)c(F)c1. The van der Waals surface area contributed by atoms with E-state index in [0.29, 0.717) is 11.4 Å². The number of nitrogens with zero attached hydrogens (tertiary/aromatic N) is 4. The predicted octanol–water partition coefficient (Wildman–Crippen LogP) is 5.92. The molecular weight excluding hydrogens is 600 g/mol. The fraction of sp³-hybridized carbons (Fsp3) is 0.242. The summed E-state index contributed by atoms with van der Waals surface area (Å²) in [6.07, 6.45) is 3.08. The zero-order chi connectivity index (χ0) is 31.5. The van der Waals surface area contributed by atoms with E-state index < -0.39 is 23.1 Å². The standard InChI is InChI=1S/C33H31F2N5O4S/c1-3-43-28-11-13-40(23-7-4-21(34)5-8-23)33(42)30(28)32(41)37-22-6-9-27(25(35)18-22)44-29-10-12-36-26-19-24(45-31(26)29)20-39-16-14-38(2)15-17-39/h4-13,18-19H,3,14-17,20H2,1-2H3,(H,37,41). The molecule has 5 aromatic rings. The first kappa shape index (κ1) is 30.4. The van der Waals surface area contributed by atoms with Crippen molar-refractivity contribution < 1.29 is 23.0 Å². The molecule has 0 spiro atoms. The van der Waals surface area contributed by atoms with Crippen LogP contribution in [0.3, 0.4) is 0 Å². The number of hydrogen-bond donors (Lipinski definition) is 1. The van der Waals surface area contributed by atoms with Crippen LogP contribution in [0.25, 0.3) is 15.9 Å². The summed E-state index contributed by atoms with van der Waals surface area (Å²) in [7, 11) is 2.12. The molecule has 0 bridgehead atoms. The third-order valence-corrected chi connectivity index (χ3v) is 8.62. The Kier molecular flexibility index (Phi) is 8.87. The predicted molar refractivity (Wildman–Crippen MR) is 170 cm³/mol. The number of benzene rings is 2. The molecule has 0 unspecified atom stereocenters. The zero-order valence-electron chi connectivity index (χ0n) is 24.8. The van der Waals surface area contributed by atoms with Gasteiger partial charge in [-0.15, -0.1) is 11.3 Å². The van der Waals surface area contributed by atoms with E-state index >= 15 is 4.39 Å². The molecular formula is C33H31F2N5O4S. The Bertz CT molecular complexity index is 1900. The second-order valence-electron chi connectivity index (χ2n) is 10.7. The average molecular weight is 632 g/mol. The van der Waals surface area contributed by atoms with Gasteiger partial charge in [0.15, 0.2) is 11.6 Å². The van der Waals surface area contributed by atoms with Crippen LogP contribution < -0.4 is 20.3 Å². The van der Waals surface area contributed by atoms with E-state index in [2.05, 4.69) is 27.1 Å². The summed E-state index contributed by atoms with van der Waals surface area (Å²) in [4.78, 5) is 37.0. The van der Waals surface area contributed by atoms with Crippen molar-refractivity contribution >= 4 is 33.1 Å². The fourth-order valence-electron chi connectivity index (χ4n) is 5.13. The summed E-state index contributed by atoms with van der Waals surface area (Å²) in [5.41, 5.74) is 0.330. The summed E-state index contributed by atoms with van der Waals surface area (Å²) in [6, 6.07) is 14.5. The molecule has 1 N–H and O–H groups in total.